The van der Waals surface area contributed by atoms with Crippen LogP contribution in [0.25, 0.3) is 0 Å². The van der Waals surface area contributed by atoms with Crippen molar-refractivity contribution in [2.75, 3.05) is 0 Å². The van der Waals surface area contributed by atoms with Gasteiger partial charge in [-0.25, -0.2) is 4.79 Å². The number of rotatable bonds is 8. The minimum atomic E-state index is -0.949. The van der Waals surface area contributed by atoms with Crippen LogP contribution in [0.5, 0.6) is 0 Å². The minimum Gasteiger partial charge on any atom is -0.480 e. The van der Waals surface area contributed by atoms with Crippen molar-refractivity contribution in [2.45, 2.75) is 116 Å². The lowest BCUT2D eigenvalue weighted by Gasteiger charge is -2.32. The van der Waals surface area contributed by atoms with Gasteiger partial charge in [0.05, 0.1) is 0 Å². The van der Waals surface area contributed by atoms with Crippen molar-refractivity contribution in [3.8, 4) is 0 Å². The first kappa shape index (κ1) is 24.8. The molecule has 4 heteroatoms. The van der Waals surface area contributed by atoms with E-state index in [0.29, 0.717) is 12.3 Å². The molecule has 0 radical (unpaired) electrons. The van der Waals surface area contributed by atoms with E-state index in [1.165, 1.54) is 44.1 Å². The summed E-state index contributed by atoms with van der Waals surface area (Å²) in [4.78, 5) is 25.3. The fourth-order valence-corrected chi connectivity index (χ4v) is 5.54. The van der Waals surface area contributed by atoms with Crippen molar-refractivity contribution in [1.29, 1.82) is 0 Å². The van der Waals surface area contributed by atoms with E-state index in [9.17, 15) is 14.7 Å². The maximum atomic E-state index is 13.3. The van der Waals surface area contributed by atoms with Crippen molar-refractivity contribution in [3.05, 3.63) is 35.4 Å². The second kappa shape index (κ2) is 10.9. The number of hydrogen-bond acceptors (Lipinski definition) is 2. The Morgan fingerprint density at radius 3 is 2.12 bits per heavy atom. The number of amides is 1. The fraction of sp³-hybridized carbons (Fsp3) is 0.714. The second-order valence-corrected chi connectivity index (χ2v) is 11.5. The van der Waals surface area contributed by atoms with Crippen LogP contribution < -0.4 is 5.32 Å². The highest BCUT2D eigenvalue weighted by molar-refractivity contribution is 5.87. The minimum absolute atomic E-state index is 0.0540. The van der Waals surface area contributed by atoms with Crippen molar-refractivity contribution >= 4 is 11.9 Å². The number of nitrogens with one attached hydrogen (secondary N) is 1. The predicted molar refractivity (Wildman–Crippen MR) is 130 cm³/mol. The van der Waals surface area contributed by atoms with E-state index in [-0.39, 0.29) is 11.3 Å². The molecule has 0 spiro atoms. The molecule has 1 amide bonds. The van der Waals surface area contributed by atoms with E-state index in [2.05, 4.69) is 50.4 Å². The van der Waals surface area contributed by atoms with Gasteiger partial charge in [0.15, 0.2) is 0 Å². The number of carbonyl (C=O) groups is 2. The molecule has 1 atom stereocenters. The first-order valence-corrected chi connectivity index (χ1v) is 12.8. The molecule has 2 aliphatic rings. The maximum Gasteiger partial charge on any atom is 0.326 e. The van der Waals surface area contributed by atoms with Crippen LogP contribution in [0.15, 0.2) is 24.3 Å². The van der Waals surface area contributed by atoms with Crippen molar-refractivity contribution < 1.29 is 14.7 Å². The summed E-state index contributed by atoms with van der Waals surface area (Å²) in [6.45, 7) is 6.60. The van der Waals surface area contributed by atoms with Crippen LogP contribution in [0, 0.1) is 10.8 Å². The lowest BCUT2D eigenvalue weighted by atomic mass is 9.75. The zero-order chi connectivity index (χ0) is 23.2. The molecule has 0 unspecified atom stereocenters. The van der Waals surface area contributed by atoms with Crippen molar-refractivity contribution in [3.63, 3.8) is 0 Å². The Kier molecular flexibility index (Phi) is 8.41. The van der Waals surface area contributed by atoms with Gasteiger partial charge in [0.25, 0.3) is 0 Å². The molecule has 0 aromatic heterocycles. The Morgan fingerprint density at radius 2 is 1.59 bits per heavy atom. The van der Waals surface area contributed by atoms with E-state index >= 15 is 0 Å². The summed E-state index contributed by atoms with van der Waals surface area (Å²) in [5, 5.41) is 12.8. The molecular weight excluding hydrogens is 398 g/mol. The fourth-order valence-electron chi connectivity index (χ4n) is 5.54. The maximum absolute atomic E-state index is 13.3. The molecule has 0 heterocycles. The molecule has 4 nitrogen and oxygen atoms in total. The van der Waals surface area contributed by atoms with Gasteiger partial charge >= 0.3 is 5.97 Å². The zero-order valence-electron chi connectivity index (χ0n) is 20.4. The average molecular weight is 442 g/mol. The third-order valence-corrected chi connectivity index (χ3v) is 7.75. The Labute approximate surface area is 194 Å². The van der Waals surface area contributed by atoms with Crippen LogP contribution >= 0.6 is 0 Å². The predicted octanol–water partition coefficient (Wildman–Crippen LogP) is 6.62. The largest absolute Gasteiger partial charge is 0.480 e. The summed E-state index contributed by atoms with van der Waals surface area (Å²) < 4.78 is 0. The monoisotopic (exact) mass is 441 g/mol. The zero-order valence-corrected chi connectivity index (χ0v) is 20.4. The van der Waals surface area contributed by atoms with Crippen LogP contribution in [-0.2, 0) is 16.0 Å². The first-order chi connectivity index (χ1) is 15.2. The molecule has 3 rings (SSSR count). The Bertz CT molecular complexity index is 748. The van der Waals surface area contributed by atoms with E-state index < -0.39 is 17.4 Å². The van der Waals surface area contributed by atoms with Gasteiger partial charge in [-0.3, -0.25) is 4.79 Å². The normalized spacial score (nSPS) is 20.5. The first-order valence-electron chi connectivity index (χ1n) is 12.8. The third-order valence-electron chi connectivity index (χ3n) is 7.75. The molecule has 0 saturated heterocycles. The number of aliphatic carboxylic acids is 1. The van der Waals surface area contributed by atoms with Gasteiger partial charge < -0.3 is 10.4 Å². The highest BCUT2D eigenvalue weighted by Crippen LogP contribution is 2.44. The molecule has 1 aromatic carbocycles. The lowest BCUT2D eigenvalue weighted by Crippen LogP contribution is -2.49. The van der Waals surface area contributed by atoms with Crippen LogP contribution in [-0.4, -0.2) is 23.0 Å². The van der Waals surface area contributed by atoms with Gasteiger partial charge in [-0.1, -0.05) is 83.6 Å². The lowest BCUT2D eigenvalue weighted by molar-refractivity contribution is -0.144. The molecule has 2 N–H and O–H groups in total. The van der Waals surface area contributed by atoms with E-state index in [1.807, 2.05) is 0 Å². The Hall–Kier alpha value is -1.84. The molecule has 1 aromatic rings. The topological polar surface area (TPSA) is 66.4 Å². The second-order valence-electron chi connectivity index (χ2n) is 11.5. The molecule has 0 aliphatic heterocycles. The summed E-state index contributed by atoms with van der Waals surface area (Å²) >= 11 is 0. The van der Waals surface area contributed by atoms with E-state index in [4.69, 9.17) is 0 Å². The number of hydrogen-bond donors (Lipinski definition) is 2. The summed E-state index contributed by atoms with van der Waals surface area (Å²) in [5.41, 5.74) is 2.12. The number of carboxylic acid groups (broad SMARTS) is 1. The number of carboxylic acids is 1. The molecule has 2 saturated carbocycles. The summed E-state index contributed by atoms with van der Waals surface area (Å²) in [6.07, 6.45) is 13.8. The van der Waals surface area contributed by atoms with Crippen LogP contribution in [0.2, 0.25) is 0 Å². The van der Waals surface area contributed by atoms with Gasteiger partial charge in [-0.15, -0.1) is 0 Å². The summed E-state index contributed by atoms with van der Waals surface area (Å²) in [5.74, 6) is -0.372. The number of carbonyl (C=O) groups excluding carboxylic acids is 1. The molecule has 2 aliphatic carbocycles. The van der Waals surface area contributed by atoms with E-state index in [0.717, 1.165) is 44.1 Å². The highest BCUT2D eigenvalue weighted by Gasteiger charge is 2.42. The van der Waals surface area contributed by atoms with Gasteiger partial charge in [-0.05, 0) is 61.0 Å². The number of benzene rings is 1. The Morgan fingerprint density at radius 1 is 1.00 bits per heavy atom. The molecule has 178 valence electrons. The highest BCUT2D eigenvalue weighted by atomic mass is 16.4. The summed E-state index contributed by atoms with van der Waals surface area (Å²) in [7, 11) is 0. The Balaban J connectivity index is 1.64. The van der Waals surface area contributed by atoms with Crippen molar-refractivity contribution in [1.82, 2.24) is 5.32 Å². The molecule has 32 heavy (non-hydrogen) atoms. The quantitative estimate of drug-likeness (QED) is 0.445. The average Bonchev–Trinajstić information content (AvgIpc) is 3.07. The van der Waals surface area contributed by atoms with Gasteiger partial charge in [0, 0.05) is 11.8 Å². The van der Waals surface area contributed by atoms with Crippen LogP contribution in [0.1, 0.15) is 115 Å². The standard InChI is InChI=1S/C28H43NO3/c1-27(2,3)18-19-28(16-8-9-17-28)26(32)29-24(25(30)31)20-21-12-14-23(15-13-21)22-10-6-4-5-7-11-22/h12-15,22,24H,4-11,16-20H2,1-3H3,(H,29,32)(H,30,31)/t24-/m0/s1. The molecule has 2 fully saturated rings. The van der Waals surface area contributed by atoms with Gasteiger partial charge in [0.1, 0.15) is 6.04 Å². The van der Waals surface area contributed by atoms with E-state index in [1.54, 1.807) is 0 Å². The smallest absolute Gasteiger partial charge is 0.326 e. The molecular formula is C28H43NO3. The SMILES string of the molecule is CC(C)(C)CCC1(C(=O)N[C@@H](Cc2ccc(C3CCCCCC3)cc2)C(=O)O)CCCC1. The third kappa shape index (κ3) is 6.83. The molecule has 0 bridgehead atoms. The van der Waals surface area contributed by atoms with Crippen LogP contribution in [0.3, 0.4) is 0 Å². The van der Waals surface area contributed by atoms with Gasteiger partial charge in [0.2, 0.25) is 5.91 Å². The van der Waals surface area contributed by atoms with Gasteiger partial charge in [-0.2, -0.15) is 0 Å². The summed E-state index contributed by atoms with van der Waals surface area (Å²) in [6, 6.07) is 7.60. The van der Waals surface area contributed by atoms with Crippen LogP contribution in [0.4, 0.5) is 0 Å². The van der Waals surface area contributed by atoms with Crippen molar-refractivity contribution in [2.24, 2.45) is 10.8 Å².